The molecule has 1 saturated heterocycles. The number of nitrogens with one attached hydrogen (secondary N) is 3. The van der Waals surface area contributed by atoms with E-state index < -0.39 is 13.7 Å². The van der Waals surface area contributed by atoms with Gasteiger partial charge in [-0.25, -0.2) is 14.9 Å². The maximum atomic E-state index is 13.3. The molecule has 1 heterocycles. The second kappa shape index (κ2) is 8.89. The molecule has 1 aliphatic rings. The first-order valence-corrected chi connectivity index (χ1v) is 9.73. The van der Waals surface area contributed by atoms with Crippen molar-refractivity contribution in [3.05, 3.63) is 28.2 Å². The van der Waals surface area contributed by atoms with E-state index in [0.717, 1.165) is 0 Å². The number of morpholine rings is 1. The SMILES string of the molecule is CCOC(=O)NNP(=O)(Nc1ccc(Cl)c(Cl)c1)N1CCOCC1. The summed E-state index contributed by atoms with van der Waals surface area (Å²) in [5, 5.41) is 6.16. The van der Waals surface area contributed by atoms with E-state index in [-0.39, 0.29) is 6.61 Å². The smallest absolute Gasteiger partial charge is 0.422 e. The first-order chi connectivity index (χ1) is 11.4. The Morgan fingerprint density at radius 1 is 1.33 bits per heavy atom. The van der Waals surface area contributed by atoms with Crippen molar-refractivity contribution < 1.29 is 18.8 Å². The zero-order valence-electron chi connectivity index (χ0n) is 13.1. The van der Waals surface area contributed by atoms with Crippen LogP contribution in [-0.2, 0) is 14.0 Å². The molecule has 0 spiro atoms. The summed E-state index contributed by atoms with van der Waals surface area (Å²) in [4.78, 5) is 11.5. The normalized spacial score (nSPS) is 17.8. The molecule has 1 aromatic carbocycles. The van der Waals surface area contributed by atoms with Gasteiger partial charge in [0.1, 0.15) is 0 Å². The highest BCUT2D eigenvalue weighted by atomic mass is 35.5. The number of benzene rings is 1. The minimum Gasteiger partial charge on any atom is -0.449 e. The Hall–Kier alpha value is -1.02. The molecule has 1 aliphatic heterocycles. The predicted octanol–water partition coefficient (Wildman–Crippen LogP) is 3.10. The summed E-state index contributed by atoms with van der Waals surface area (Å²) in [5.41, 5.74) is 2.79. The third kappa shape index (κ3) is 5.24. The van der Waals surface area contributed by atoms with Crippen LogP contribution in [0.1, 0.15) is 6.92 Å². The van der Waals surface area contributed by atoms with E-state index in [2.05, 4.69) is 15.7 Å². The number of rotatable bonds is 6. The van der Waals surface area contributed by atoms with Crippen molar-refractivity contribution >= 4 is 42.6 Å². The number of nitrogens with zero attached hydrogens (tertiary/aromatic N) is 1. The van der Waals surface area contributed by atoms with Crippen molar-refractivity contribution in [3.8, 4) is 0 Å². The Bertz CT molecular complexity index is 628. The van der Waals surface area contributed by atoms with Crippen LogP contribution in [0.3, 0.4) is 0 Å². The van der Waals surface area contributed by atoms with Gasteiger partial charge in [0.25, 0.3) is 0 Å². The number of ether oxygens (including phenoxy) is 2. The van der Waals surface area contributed by atoms with E-state index in [0.29, 0.717) is 42.0 Å². The number of hydrogen-bond donors (Lipinski definition) is 3. The van der Waals surface area contributed by atoms with Crippen LogP contribution in [0.25, 0.3) is 0 Å². The molecule has 3 N–H and O–H groups in total. The maximum absolute atomic E-state index is 13.3. The zero-order chi connectivity index (χ0) is 17.6. The molecule has 0 aromatic heterocycles. The topological polar surface area (TPSA) is 91.9 Å². The van der Waals surface area contributed by atoms with Crippen LogP contribution in [0.4, 0.5) is 10.5 Å². The molecule has 11 heteroatoms. The van der Waals surface area contributed by atoms with E-state index >= 15 is 0 Å². The minimum absolute atomic E-state index is 0.204. The fourth-order valence-electron chi connectivity index (χ4n) is 2.03. The van der Waals surface area contributed by atoms with Crippen LogP contribution < -0.4 is 15.7 Å². The lowest BCUT2D eigenvalue weighted by atomic mass is 10.3. The van der Waals surface area contributed by atoms with Crippen LogP contribution in [0.15, 0.2) is 18.2 Å². The molecule has 134 valence electrons. The van der Waals surface area contributed by atoms with Gasteiger partial charge in [0.15, 0.2) is 0 Å². The fraction of sp³-hybridized carbons (Fsp3) is 0.462. The van der Waals surface area contributed by atoms with Gasteiger partial charge in [-0.15, -0.1) is 5.20 Å². The second-order valence-electron chi connectivity index (χ2n) is 4.84. The standard InChI is InChI=1S/C13H19Cl2N4O4P/c1-2-23-13(20)16-18-24(21,19-5-7-22-8-6-19)17-10-3-4-11(14)12(15)9-10/h3-4,9H,2,5-8H2,1H3,(H,16,20)(H2,17,18,21). The summed E-state index contributed by atoms with van der Waals surface area (Å²) in [5.74, 6) is 0. The molecule has 0 saturated carbocycles. The summed E-state index contributed by atoms with van der Waals surface area (Å²) in [6.07, 6.45) is -0.720. The van der Waals surface area contributed by atoms with E-state index in [4.69, 9.17) is 32.7 Å². The Labute approximate surface area is 150 Å². The summed E-state index contributed by atoms with van der Waals surface area (Å²) in [7, 11) is -3.39. The number of hydrogen-bond acceptors (Lipinski definition) is 4. The molecule has 2 rings (SSSR count). The molecule has 0 radical (unpaired) electrons. The third-order valence-electron chi connectivity index (χ3n) is 3.17. The van der Waals surface area contributed by atoms with Gasteiger partial charge >= 0.3 is 13.7 Å². The molecule has 1 unspecified atom stereocenters. The average molecular weight is 397 g/mol. The Kier molecular flexibility index (Phi) is 7.16. The third-order valence-corrected chi connectivity index (χ3v) is 6.08. The summed E-state index contributed by atoms with van der Waals surface area (Å²) < 4.78 is 25.1. The van der Waals surface area contributed by atoms with Gasteiger partial charge in [-0.1, -0.05) is 23.2 Å². The Morgan fingerprint density at radius 3 is 2.67 bits per heavy atom. The van der Waals surface area contributed by atoms with Gasteiger partial charge in [-0.2, -0.15) is 0 Å². The summed E-state index contributed by atoms with van der Waals surface area (Å²) >= 11 is 11.9. The van der Waals surface area contributed by atoms with Crippen LogP contribution in [0, 0.1) is 0 Å². The van der Waals surface area contributed by atoms with Crippen LogP contribution in [0.2, 0.25) is 10.0 Å². The predicted molar refractivity (Wildman–Crippen MR) is 93.4 cm³/mol. The van der Waals surface area contributed by atoms with Crippen molar-refractivity contribution in [3.63, 3.8) is 0 Å². The molecule has 1 amide bonds. The quantitative estimate of drug-likeness (QED) is 0.502. The molecular weight excluding hydrogens is 378 g/mol. The molecular formula is C13H19Cl2N4O4P. The van der Waals surface area contributed by atoms with E-state index in [1.54, 1.807) is 29.8 Å². The highest BCUT2D eigenvalue weighted by Crippen LogP contribution is 2.45. The lowest BCUT2D eigenvalue weighted by Crippen LogP contribution is -2.45. The van der Waals surface area contributed by atoms with Crippen LogP contribution in [0.5, 0.6) is 0 Å². The van der Waals surface area contributed by atoms with Gasteiger partial charge in [0.05, 0.1) is 29.9 Å². The largest absolute Gasteiger partial charge is 0.449 e. The van der Waals surface area contributed by atoms with Gasteiger partial charge in [-0.3, -0.25) is 4.57 Å². The molecule has 24 heavy (non-hydrogen) atoms. The lowest BCUT2D eigenvalue weighted by Gasteiger charge is -2.34. The van der Waals surface area contributed by atoms with Crippen LogP contribution >= 0.6 is 30.8 Å². The maximum Gasteiger partial charge on any atom is 0.422 e. The molecule has 1 fully saturated rings. The number of amides is 1. The van der Waals surface area contributed by atoms with E-state index in [9.17, 15) is 9.36 Å². The number of halogens is 2. The fourth-order valence-corrected chi connectivity index (χ4v) is 4.13. The molecule has 0 bridgehead atoms. The number of anilines is 1. The average Bonchev–Trinajstić information content (AvgIpc) is 2.58. The van der Waals surface area contributed by atoms with Gasteiger partial charge in [0, 0.05) is 18.8 Å². The number of hydrazine groups is 1. The van der Waals surface area contributed by atoms with Gasteiger partial charge < -0.3 is 14.6 Å². The van der Waals surface area contributed by atoms with Crippen molar-refractivity contribution in [2.75, 3.05) is 38.0 Å². The zero-order valence-corrected chi connectivity index (χ0v) is 15.5. The molecule has 1 atom stereocenters. The first-order valence-electron chi connectivity index (χ1n) is 7.31. The summed E-state index contributed by atoms with van der Waals surface area (Å²) in [6, 6.07) is 4.80. The second-order valence-corrected chi connectivity index (χ2v) is 7.82. The van der Waals surface area contributed by atoms with Gasteiger partial charge in [-0.05, 0) is 25.1 Å². The van der Waals surface area contributed by atoms with Crippen molar-refractivity contribution in [1.29, 1.82) is 0 Å². The minimum atomic E-state index is -3.39. The van der Waals surface area contributed by atoms with E-state index in [1.165, 1.54) is 0 Å². The van der Waals surface area contributed by atoms with Crippen molar-refractivity contribution in [2.45, 2.75) is 6.92 Å². The first kappa shape index (κ1) is 19.3. The highest BCUT2D eigenvalue weighted by molar-refractivity contribution is 7.61. The number of carbonyl (C=O) groups is 1. The number of carbonyl (C=O) groups excluding carboxylic acids is 1. The monoisotopic (exact) mass is 396 g/mol. The Morgan fingerprint density at radius 2 is 2.04 bits per heavy atom. The van der Waals surface area contributed by atoms with Crippen LogP contribution in [-0.4, -0.2) is 43.7 Å². The van der Waals surface area contributed by atoms with Crippen molar-refractivity contribution in [1.82, 2.24) is 15.3 Å². The van der Waals surface area contributed by atoms with Gasteiger partial charge in [0.2, 0.25) is 0 Å². The summed E-state index contributed by atoms with van der Waals surface area (Å²) in [6.45, 7) is 3.62. The lowest BCUT2D eigenvalue weighted by molar-refractivity contribution is 0.0713. The van der Waals surface area contributed by atoms with Crippen molar-refractivity contribution in [2.24, 2.45) is 0 Å². The molecule has 0 aliphatic carbocycles. The molecule has 1 aromatic rings. The van der Waals surface area contributed by atoms with E-state index in [1.807, 2.05) is 0 Å². The highest BCUT2D eigenvalue weighted by Gasteiger charge is 2.33. The Balaban J connectivity index is 2.15. The molecule has 8 nitrogen and oxygen atoms in total.